The number of alkyl halides is 6. The Labute approximate surface area is 130 Å². The molecule has 0 aliphatic rings. The molecule has 3 N–H and O–H groups in total. The molecule has 0 spiro atoms. The standard InChI is InChI=1S/C12H9F6N3O3/c13-10(11(14,15)16)12(17,18)24-7-3-1-6(2-4-7)5-20-21-9(23)8(19)22/h1-5,10H,(H2,19,22)(H,21,23)/b20-5-/t10-/m0/s1. The number of hydrogen-bond donors (Lipinski definition) is 2. The fraction of sp³-hybridized carbons (Fsp3) is 0.250. The summed E-state index contributed by atoms with van der Waals surface area (Å²) in [6, 6.07) is 3.81. The van der Waals surface area contributed by atoms with E-state index in [1.807, 2.05) is 0 Å². The van der Waals surface area contributed by atoms with Gasteiger partial charge in [0.25, 0.3) is 6.17 Å². The highest BCUT2D eigenvalue weighted by atomic mass is 19.4. The van der Waals surface area contributed by atoms with Gasteiger partial charge < -0.3 is 10.5 Å². The van der Waals surface area contributed by atoms with Gasteiger partial charge in [0.15, 0.2) is 0 Å². The van der Waals surface area contributed by atoms with Crippen molar-refractivity contribution in [1.82, 2.24) is 5.43 Å². The first-order chi connectivity index (χ1) is 10.9. The third-order valence-electron chi connectivity index (χ3n) is 2.32. The minimum atomic E-state index is -5.78. The van der Waals surface area contributed by atoms with E-state index in [0.29, 0.717) is 0 Å². The molecule has 0 fully saturated rings. The number of primary amides is 1. The van der Waals surface area contributed by atoms with E-state index in [9.17, 15) is 35.9 Å². The molecule has 2 amide bonds. The number of benzene rings is 1. The van der Waals surface area contributed by atoms with Gasteiger partial charge in [-0.05, 0) is 29.8 Å². The predicted octanol–water partition coefficient (Wildman–Crippen LogP) is 1.49. The number of rotatable bonds is 5. The topological polar surface area (TPSA) is 93.8 Å². The molecule has 0 heterocycles. The number of halogens is 6. The van der Waals surface area contributed by atoms with Crippen LogP contribution in [0.3, 0.4) is 0 Å². The fourth-order valence-corrected chi connectivity index (χ4v) is 1.24. The van der Waals surface area contributed by atoms with E-state index < -0.39 is 36.0 Å². The lowest BCUT2D eigenvalue weighted by Crippen LogP contribution is -2.45. The van der Waals surface area contributed by atoms with Crippen molar-refractivity contribution >= 4 is 18.0 Å². The van der Waals surface area contributed by atoms with Crippen molar-refractivity contribution in [3.8, 4) is 5.75 Å². The summed E-state index contributed by atoms with van der Waals surface area (Å²) in [5.41, 5.74) is 6.57. The minimum absolute atomic E-state index is 0.197. The van der Waals surface area contributed by atoms with Crippen molar-refractivity contribution in [2.75, 3.05) is 0 Å². The van der Waals surface area contributed by atoms with Gasteiger partial charge in [-0.15, -0.1) is 0 Å². The summed E-state index contributed by atoms with van der Waals surface area (Å²) in [7, 11) is 0. The van der Waals surface area contributed by atoms with Crippen molar-refractivity contribution in [2.45, 2.75) is 18.5 Å². The zero-order valence-electron chi connectivity index (χ0n) is 11.5. The minimum Gasteiger partial charge on any atom is -0.430 e. The van der Waals surface area contributed by atoms with E-state index >= 15 is 0 Å². The molecule has 0 aliphatic heterocycles. The van der Waals surface area contributed by atoms with Gasteiger partial charge in [0.1, 0.15) is 5.75 Å². The average Bonchev–Trinajstić information content (AvgIpc) is 2.46. The largest absolute Gasteiger partial charge is 0.439 e. The van der Waals surface area contributed by atoms with Crippen molar-refractivity contribution in [1.29, 1.82) is 0 Å². The van der Waals surface area contributed by atoms with E-state index in [-0.39, 0.29) is 5.56 Å². The first-order valence-corrected chi connectivity index (χ1v) is 5.94. The van der Waals surface area contributed by atoms with Crippen molar-refractivity contribution in [3.63, 3.8) is 0 Å². The number of nitrogens with one attached hydrogen (secondary N) is 1. The SMILES string of the molecule is NC(=O)C(=O)N/N=C\c1ccc(OC(F)(F)[C@@H](F)C(F)(F)F)cc1. The third kappa shape index (κ3) is 5.44. The highest BCUT2D eigenvalue weighted by Crippen LogP contribution is 2.36. The lowest BCUT2D eigenvalue weighted by molar-refractivity contribution is -0.304. The van der Waals surface area contributed by atoms with Crippen LogP contribution >= 0.6 is 0 Å². The molecule has 0 unspecified atom stereocenters. The van der Waals surface area contributed by atoms with Crippen molar-refractivity contribution < 1.29 is 40.7 Å². The highest BCUT2D eigenvalue weighted by Gasteiger charge is 2.59. The maximum absolute atomic E-state index is 13.0. The summed E-state index contributed by atoms with van der Waals surface area (Å²) in [5.74, 6) is -3.22. The maximum Gasteiger partial charge on any atom is 0.439 e. The molecule has 1 aromatic rings. The highest BCUT2D eigenvalue weighted by molar-refractivity contribution is 6.34. The first-order valence-electron chi connectivity index (χ1n) is 5.94. The number of carbonyl (C=O) groups excluding carboxylic acids is 2. The van der Waals surface area contributed by atoms with Crippen LogP contribution in [-0.4, -0.2) is 36.5 Å². The van der Waals surface area contributed by atoms with Crippen LogP contribution in [0.2, 0.25) is 0 Å². The number of nitrogens with two attached hydrogens (primary N) is 1. The third-order valence-corrected chi connectivity index (χ3v) is 2.32. The zero-order valence-corrected chi connectivity index (χ0v) is 11.5. The van der Waals surface area contributed by atoms with Crippen LogP contribution in [0, 0.1) is 0 Å². The van der Waals surface area contributed by atoms with Crippen LogP contribution in [0.5, 0.6) is 5.75 Å². The first kappa shape index (κ1) is 19.3. The Hall–Kier alpha value is -2.79. The van der Waals surface area contributed by atoms with E-state index in [1.54, 1.807) is 5.43 Å². The molecule has 0 aliphatic carbocycles. The Balaban J connectivity index is 2.73. The van der Waals surface area contributed by atoms with E-state index in [0.717, 1.165) is 30.5 Å². The Morgan fingerprint density at radius 2 is 1.71 bits per heavy atom. The number of carbonyl (C=O) groups is 2. The van der Waals surface area contributed by atoms with Gasteiger partial charge in [-0.1, -0.05) is 0 Å². The molecule has 0 aromatic heterocycles. The second kappa shape index (κ2) is 7.19. The molecule has 0 saturated heterocycles. The van der Waals surface area contributed by atoms with E-state index in [4.69, 9.17) is 0 Å². The predicted molar refractivity (Wildman–Crippen MR) is 67.9 cm³/mol. The van der Waals surface area contributed by atoms with Gasteiger partial charge in [-0.3, -0.25) is 9.59 Å². The number of nitrogens with zero attached hydrogens (tertiary/aromatic N) is 1. The molecular weight excluding hydrogens is 348 g/mol. The fourth-order valence-electron chi connectivity index (χ4n) is 1.24. The van der Waals surface area contributed by atoms with Gasteiger partial charge in [-0.2, -0.15) is 27.1 Å². The van der Waals surface area contributed by atoms with Gasteiger partial charge in [0.05, 0.1) is 6.21 Å². The molecule has 132 valence electrons. The molecule has 0 bridgehead atoms. The van der Waals surface area contributed by atoms with Gasteiger partial charge in [0, 0.05) is 0 Å². The number of hydrazone groups is 1. The molecule has 6 nitrogen and oxygen atoms in total. The van der Waals surface area contributed by atoms with Crippen LogP contribution in [0.1, 0.15) is 5.56 Å². The number of hydrogen-bond acceptors (Lipinski definition) is 4. The summed E-state index contributed by atoms with van der Waals surface area (Å²) in [6.07, 6.45) is -14.4. The van der Waals surface area contributed by atoms with Crippen LogP contribution < -0.4 is 15.9 Å². The normalized spacial score (nSPS) is 13.6. The van der Waals surface area contributed by atoms with E-state index in [1.165, 1.54) is 0 Å². The van der Waals surface area contributed by atoms with Gasteiger partial charge >= 0.3 is 24.1 Å². The van der Waals surface area contributed by atoms with E-state index in [2.05, 4.69) is 15.6 Å². The monoisotopic (exact) mass is 357 g/mol. The average molecular weight is 357 g/mol. The van der Waals surface area contributed by atoms with Crippen molar-refractivity contribution in [3.05, 3.63) is 29.8 Å². The lowest BCUT2D eigenvalue weighted by Gasteiger charge is -2.23. The second-order valence-corrected chi connectivity index (χ2v) is 4.20. The second-order valence-electron chi connectivity index (χ2n) is 4.20. The summed E-state index contributed by atoms with van der Waals surface area (Å²) in [4.78, 5) is 21.1. The Morgan fingerprint density at radius 3 is 2.17 bits per heavy atom. The molecule has 0 radical (unpaired) electrons. The summed E-state index contributed by atoms with van der Waals surface area (Å²) in [6.45, 7) is 0. The Kier molecular flexibility index (Phi) is 5.77. The molecule has 1 rings (SSSR count). The lowest BCUT2D eigenvalue weighted by atomic mass is 10.2. The summed E-state index contributed by atoms with van der Waals surface area (Å²) in [5, 5.41) is 3.30. The van der Waals surface area contributed by atoms with Gasteiger partial charge in [-0.25, -0.2) is 9.82 Å². The Bertz CT molecular complexity index is 630. The Morgan fingerprint density at radius 1 is 1.17 bits per heavy atom. The van der Waals surface area contributed by atoms with Gasteiger partial charge in [0.2, 0.25) is 0 Å². The number of ether oxygens (including phenoxy) is 1. The molecule has 1 atom stereocenters. The molecule has 1 aromatic carbocycles. The smallest absolute Gasteiger partial charge is 0.430 e. The molecule has 0 saturated carbocycles. The summed E-state index contributed by atoms with van der Waals surface area (Å²) >= 11 is 0. The zero-order chi connectivity index (χ0) is 18.5. The molecular formula is C12H9F6N3O3. The molecule has 12 heteroatoms. The van der Waals surface area contributed by atoms with Crippen LogP contribution in [0.15, 0.2) is 29.4 Å². The van der Waals surface area contributed by atoms with Crippen LogP contribution in [0.25, 0.3) is 0 Å². The van der Waals surface area contributed by atoms with Crippen molar-refractivity contribution in [2.24, 2.45) is 10.8 Å². The quantitative estimate of drug-likeness (QED) is 0.362. The molecule has 24 heavy (non-hydrogen) atoms. The number of amides is 2. The maximum atomic E-state index is 13.0. The summed E-state index contributed by atoms with van der Waals surface area (Å²) < 4.78 is 78.3. The van der Waals surface area contributed by atoms with Crippen LogP contribution in [-0.2, 0) is 9.59 Å². The van der Waals surface area contributed by atoms with Crippen LogP contribution in [0.4, 0.5) is 26.3 Å².